The Hall–Kier alpha value is -0.870. The Kier molecular flexibility index (Phi) is 2.61. The molecule has 4 nitrogen and oxygen atoms in total. The summed E-state index contributed by atoms with van der Waals surface area (Å²) in [7, 11) is 0. The van der Waals surface area contributed by atoms with Gasteiger partial charge in [0.1, 0.15) is 0 Å². The molecular formula is C9H15N3O. The van der Waals surface area contributed by atoms with Crippen molar-refractivity contribution < 1.29 is 4.74 Å². The maximum atomic E-state index is 5.69. The van der Waals surface area contributed by atoms with Crippen molar-refractivity contribution in [2.45, 2.75) is 18.9 Å². The summed E-state index contributed by atoms with van der Waals surface area (Å²) in [4.78, 5) is 0. The number of nitrogens with zero attached hydrogens (tertiary/aromatic N) is 1. The molecule has 1 fully saturated rings. The van der Waals surface area contributed by atoms with Gasteiger partial charge in [-0.1, -0.05) is 0 Å². The Labute approximate surface area is 77.5 Å². The molecule has 0 bridgehead atoms. The minimum absolute atomic E-state index is 0.150. The lowest BCUT2D eigenvalue weighted by atomic mass is 9.91. The quantitative estimate of drug-likeness (QED) is 0.710. The van der Waals surface area contributed by atoms with Gasteiger partial charge in [0.15, 0.2) is 0 Å². The molecule has 0 aliphatic carbocycles. The predicted molar refractivity (Wildman–Crippen MR) is 49.1 cm³/mol. The predicted octanol–water partition coefficient (Wildman–Crippen LogP) is 0.836. The molecule has 0 spiro atoms. The third-order valence-electron chi connectivity index (χ3n) is 2.60. The molecule has 3 N–H and O–H groups in total. The highest BCUT2D eigenvalue weighted by Crippen LogP contribution is 2.32. The molecule has 1 aromatic rings. The first-order valence-corrected chi connectivity index (χ1v) is 4.72. The van der Waals surface area contributed by atoms with Crippen molar-refractivity contribution in [3.8, 4) is 0 Å². The molecule has 2 atom stereocenters. The maximum absolute atomic E-state index is 5.69. The Bertz CT molecular complexity index is 247. The molecule has 2 rings (SSSR count). The third kappa shape index (κ3) is 1.73. The number of nitrogens with two attached hydrogens (primary N) is 1. The van der Waals surface area contributed by atoms with Gasteiger partial charge in [-0.2, -0.15) is 5.10 Å². The van der Waals surface area contributed by atoms with Crippen molar-refractivity contribution in [2.75, 3.05) is 13.2 Å². The summed E-state index contributed by atoms with van der Waals surface area (Å²) in [5.74, 6) is 0.450. The van der Waals surface area contributed by atoms with Crippen LogP contribution in [0, 0.1) is 5.92 Å². The number of rotatable bonds is 2. The smallest absolute Gasteiger partial charge is 0.0895 e. The minimum Gasteiger partial charge on any atom is -0.373 e. The summed E-state index contributed by atoms with van der Waals surface area (Å²) in [6, 6.07) is 0. The zero-order valence-electron chi connectivity index (χ0n) is 7.57. The van der Waals surface area contributed by atoms with E-state index in [1.165, 1.54) is 0 Å². The molecule has 1 saturated heterocycles. The molecule has 0 radical (unpaired) electrons. The highest BCUT2D eigenvalue weighted by molar-refractivity contribution is 5.09. The van der Waals surface area contributed by atoms with Crippen LogP contribution in [0.2, 0.25) is 0 Å². The van der Waals surface area contributed by atoms with Crippen LogP contribution in [0.1, 0.15) is 24.5 Å². The van der Waals surface area contributed by atoms with E-state index >= 15 is 0 Å². The fourth-order valence-electron chi connectivity index (χ4n) is 1.87. The second-order valence-electron chi connectivity index (χ2n) is 3.46. The van der Waals surface area contributed by atoms with E-state index in [0.717, 1.165) is 25.0 Å². The molecule has 1 aliphatic heterocycles. The highest BCUT2D eigenvalue weighted by Gasteiger charge is 2.26. The van der Waals surface area contributed by atoms with Crippen molar-refractivity contribution in [1.29, 1.82) is 0 Å². The summed E-state index contributed by atoms with van der Waals surface area (Å²) in [6.45, 7) is 1.53. The van der Waals surface area contributed by atoms with Crippen LogP contribution in [0.5, 0.6) is 0 Å². The largest absolute Gasteiger partial charge is 0.373 e. The number of nitrogens with one attached hydrogen (secondary N) is 1. The molecular weight excluding hydrogens is 166 g/mol. The molecule has 2 heterocycles. The molecule has 0 unspecified atom stereocenters. The zero-order valence-corrected chi connectivity index (χ0v) is 7.57. The van der Waals surface area contributed by atoms with Crippen LogP contribution in [-0.2, 0) is 4.74 Å². The van der Waals surface area contributed by atoms with Gasteiger partial charge in [0.2, 0.25) is 0 Å². The molecule has 1 aliphatic rings. The lowest BCUT2D eigenvalue weighted by molar-refractivity contribution is -0.0251. The van der Waals surface area contributed by atoms with E-state index in [4.69, 9.17) is 10.5 Å². The molecule has 72 valence electrons. The Morgan fingerprint density at radius 2 is 2.62 bits per heavy atom. The highest BCUT2D eigenvalue weighted by atomic mass is 16.5. The first-order chi connectivity index (χ1) is 6.42. The molecule has 13 heavy (non-hydrogen) atoms. The molecule has 1 aromatic heterocycles. The molecule has 0 saturated carbocycles. The van der Waals surface area contributed by atoms with Gasteiger partial charge >= 0.3 is 0 Å². The zero-order chi connectivity index (χ0) is 9.10. The van der Waals surface area contributed by atoms with E-state index < -0.39 is 0 Å². The minimum atomic E-state index is 0.150. The van der Waals surface area contributed by atoms with Crippen molar-refractivity contribution in [3.05, 3.63) is 18.0 Å². The Morgan fingerprint density at radius 3 is 3.31 bits per heavy atom. The van der Waals surface area contributed by atoms with E-state index in [0.29, 0.717) is 12.5 Å². The van der Waals surface area contributed by atoms with E-state index in [1.807, 2.05) is 12.4 Å². The summed E-state index contributed by atoms with van der Waals surface area (Å²) in [5.41, 5.74) is 6.81. The van der Waals surface area contributed by atoms with Crippen molar-refractivity contribution in [2.24, 2.45) is 11.7 Å². The SMILES string of the molecule is NC[C@@H]1CCCO[C@H]1c1cn[nH]c1. The van der Waals surface area contributed by atoms with Gasteiger partial charge in [0, 0.05) is 24.3 Å². The molecule has 0 aromatic carbocycles. The fraction of sp³-hybridized carbons (Fsp3) is 0.667. The average Bonchev–Trinajstić information content (AvgIpc) is 2.70. The standard InChI is InChI=1S/C9H15N3O/c10-4-7-2-1-3-13-9(7)8-5-11-12-6-8/h5-7,9H,1-4,10H2,(H,11,12)/t7-,9+/m0/s1. The van der Waals surface area contributed by atoms with Crippen LogP contribution >= 0.6 is 0 Å². The summed E-state index contributed by atoms with van der Waals surface area (Å²) in [6.07, 6.45) is 6.14. The number of ether oxygens (including phenoxy) is 1. The number of hydrogen-bond acceptors (Lipinski definition) is 3. The summed E-state index contributed by atoms with van der Waals surface area (Å²) < 4.78 is 5.69. The Balaban J connectivity index is 2.11. The Morgan fingerprint density at radius 1 is 1.69 bits per heavy atom. The molecule has 0 amide bonds. The number of H-pyrrole nitrogens is 1. The average molecular weight is 181 g/mol. The second kappa shape index (κ2) is 3.89. The van der Waals surface area contributed by atoms with Gasteiger partial charge in [-0.25, -0.2) is 0 Å². The van der Waals surface area contributed by atoms with E-state index in [2.05, 4.69) is 10.2 Å². The van der Waals surface area contributed by atoms with Gasteiger partial charge in [-0.15, -0.1) is 0 Å². The van der Waals surface area contributed by atoms with Gasteiger partial charge < -0.3 is 10.5 Å². The van der Waals surface area contributed by atoms with E-state index in [-0.39, 0.29) is 6.10 Å². The summed E-state index contributed by atoms with van der Waals surface area (Å²) >= 11 is 0. The van der Waals surface area contributed by atoms with Crippen molar-refractivity contribution in [3.63, 3.8) is 0 Å². The second-order valence-corrected chi connectivity index (χ2v) is 3.46. The van der Waals surface area contributed by atoms with E-state index in [1.54, 1.807) is 0 Å². The van der Waals surface area contributed by atoms with Crippen LogP contribution < -0.4 is 5.73 Å². The maximum Gasteiger partial charge on any atom is 0.0895 e. The van der Waals surface area contributed by atoms with Gasteiger partial charge in [0.05, 0.1) is 12.3 Å². The topological polar surface area (TPSA) is 63.9 Å². The lowest BCUT2D eigenvalue weighted by Crippen LogP contribution is -2.28. The number of aromatic amines is 1. The first kappa shape index (κ1) is 8.72. The summed E-state index contributed by atoms with van der Waals surface area (Å²) in [5, 5.41) is 6.72. The third-order valence-corrected chi connectivity index (χ3v) is 2.60. The van der Waals surface area contributed by atoms with Crippen LogP contribution in [0.4, 0.5) is 0 Å². The van der Waals surface area contributed by atoms with Crippen LogP contribution in [0.3, 0.4) is 0 Å². The number of hydrogen-bond donors (Lipinski definition) is 2. The van der Waals surface area contributed by atoms with Gasteiger partial charge in [0.25, 0.3) is 0 Å². The van der Waals surface area contributed by atoms with Crippen LogP contribution in [0.25, 0.3) is 0 Å². The van der Waals surface area contributed by atoms with Gasteiger partial charge in [-0.05, 0) is 19.4 Å². The van der Waals surface area contributed by atoms with Crippen molar-refractivity contribution >= 4 is 0 Å². The van der Waals surface area contributed by atoms with Crippen LogP contribution in [-0.4, -0.2) is 23.3 Å². The fourth-order valence-corrected chi connectivity index (χ4v) is 1.87. The lowest BCUT2D eigenvalue weighted by Gasteiger charge is -2.30. The monoisotopic (exact) mass is 181 g/mol. The van der Waals surface area contributed by atoms with E-state index in [9.17, 15) is 0 Å². The molecule has 4 heteroatoms. The van der Waals surface area contributed by atoms with Crippen molar-refractivity contribution in [1.82, 2.24) is 10.2 Å². The van der Waals surface area contributed by atoms with Gasteiger partial charge in [-0.3, -0.25) is 5.10 Å². The first-order valence-electron chi connectivity index (χ1n) is 4.72. The van der Waals surface area contributed by atoms with Crippen LogP contribution in [0.15, 0.2) is 12.4 Å². The number of aromatic nitrogens is 2. The normalized spacial score (nSPS) is 29.0.